The number of carbonyl (C=O) groups excluding carboxylic acids is 1. The van der Waals surface area contributed by atoms with Crippen LogP contribution in [0, 0.1) is 3.57 Å². The van der Waals surface area contributed by atoms with Crippen LogP contribution in [0.1, 0.15) is 18.2 Å². The molecule has 9 heteroatoms. The van der Waals surface area contributed by atoms with Gasteiger partial charge in [-0.15, -0.1) is 11.3 Å². The third kappa shape index (κ3) is 5.42. The van der Waals surface area contributed by atoms with E-state index >= 15 is 0 Å². The molecule has 1 aromatic carbocycles. The van der Waals surface area contributed by atoms with Crippen LogP contribution in [0.25, 0.3) is 0 Å². The summed E-state index contributed by atoms with van der Waals surface area (Å²) in [7, 11) is 1.63. The van der Waals surface area contributed by atoms with Gasteiger partial charge in [0, 0.05) is 14.5 Å². The Balaban J connectivity index is 1.98. The number of aromatic nitrogens is 1. The van der Waals surface area contributed by atoms with Crippen LogP contribution in [0.5, 0.6) is 5.75 Å². The van der Waals surface area contributed by atoms with E-state index in [0.29, 0.717) is 17.4 Å². The Morgan fingerprint density at radius 2 is 2.33 bits per heavy atom. The maximum absolute atomic E-state index is 11.4. The molecule has 24 heavy (non-hydrogen) atoms. The second-order valence-corrected chi connectivity index (χ2v) is 7.38. The van der Waals surface area contributed by atoms with E-state index in [-0.39, 0.29) is 12.4 Å². The van der Waals surface area contributed by atoms with E-state index in [1.807, 2.05) is 17.5 Å². The van der Waals surface area contributed by atoms with Crippen LogP contribution in [0.15, 0.2) is 27.1 Å². The summed E-state index contributed by atoms with van der Waals surface area (Å²) >= 11 is 7.06. The zero-order valence-corrected chi connectivity index (χ0v) is 17.6. The molecule has 0 aliphatic heterocycles. The number of nitrogens with one attached hydrogen (secondary N) is 1. The normalized spacial score (nSPS) is 10.8. The minimum Gasteiger partial charge on any atom is -0.496 e. The average molecular weight is 524 g/mol. The van der Waals surface area contributed by atoms with Gasteiger partial charge in [0.25, 0.3) is 0 Å². The van der Waals surface area contributed by atoms with Crippen molar-refractivity contribution in [2.24, 2.45) is 5.10 Å². The Morgan fingerprint density at radius 1 is 1.54 bits per heavy atom. The quantitative estimate of drug-likeness (QED) is 0.256. The molecule has 0 aliphatic rings. The summed E-state index contributed by atoms with van der Waals surface area (Å²) in [6, 6.07) is 3.85. The van der Waals surface area contributed by atoms with E-state index in [1.165, 1.54) is 11.3 Å². The fourth-order valence-electron chi connectivity index (χ4n) is 1.76. The number of methoxy groups -OCH3 is 1. The summed E-state index contributed by atoms with van der Waals surface area (Å²) in [5, 5.41) is 6.62. The molecule has 1 aromatic heterocycles. The van der Waals surface area contributed by atoms with E-state index in [0.717, 1.165) is 19.4 Å². The van der Waals surface area contributed by atoms with Crippen LogP contribution < -0.4 is 10.2 Å². The number of hydrogen-bond donors (Lipinski definition) is 1. The molecule has 1 N–H and O–H groups in total. The van der Waals surface area contributed by atoms with Crippen LogP contribution >= 0.6 is 49.9 Å². The van der Waals surface area contributed by atoms with Gasteiger partial charge in [-0.2, -0.15) is 5.10 Å². The first-order valence-electron chi connectivity index (χ1n) is 6.95. The average Bonchev–Trinajstić information content (AvgIpc) is 2.97. The highest BCUT2D eigenvalue weighted by Crippen LogP contribution is 2.28. The molecule has 2 aromatic rings. The van der Waals surface area contributed by atoms with Gasteiger partial charge in [0.2, 0.25) is 5.13 Å². The summed E-state index contributed by atoms with van der Waals surface area (Å²) in [5.74, 6) is 0.489. The van der Waals surface area contributed by atoms with Gasteiger partial charge in [-0.3, -0.25) is 10.2 Å². The van der Waals surface area contributed by atoms with Crippen molar-refractivity contribution in [2.75, 3.05) is 19.1 Å². The number of thiazole rings is 1. The fraction of sp³-hybridized carbons (Fsp3) is 0.267. The highest BCUT2D eigenvalue weighted by atomic mass is 127. The molecule has 0 unspecified atom stereocenters. The molecular weight excluding hydrogens is 509 g/mol. The molecule has 0 spiro atoms. The Kier molecular flexibility index (Phi) is 7.43. The topological polar surface area (TPSA) is 72.8 Å². The maximum Gasteiger partial charge on any atom is 0.311 e. The summed E-state index contributed by atoms with van der Waals surface area (Å²) in [4.78, 5) is 15.7. The van der Waals surface area contributed by atoms with Gasteiger partial charge >= 0.3 is 5.97 Å². The van der Waals surface area contributed by atoms with Crippen molar-refractivity contribution in [2.45, 2.75) is 13.3 Å². The van der Waals surface area contributed by atoms with Crippen molar-refractivity contribution in [3.05, 3.63) is 36.8 Å². The van der Waals surface area contributed by atoms with Crippen LogP contribution in [0.3, 0.4) is 0 Å². The van der Waals surface area contributed by atoms with Gasteiger partial charge in [0.15, 0.2) is 0 Å². The minimum absolute atomic E-state index is 0.166. The number of hydrogen-bond acceptors (Lipinski definition) is 7. The molecule has 2 rings (SSSR count). The van der Waals surface area contributed by atoms with Crippen molar-refractivity contribution in [1.29, 1.82) is 0 Å². The number of hydrazone groups is 1. The predicted octanol–water partition coefficient (Wildman–Crippen LogP) is 4.07. The van der Waals surface area contributed by atoms with Crippen molar-refractivity contribution >= 4 is 67.2 Å². The van der Waals surface area contributed by atoms with Crippen LogP contribution in [0.2, 0.25) is 0 Å². The van der Waals surface area contributed by atoms with E-state index in [1.54, 1.807) is 20.2 Å². The van der Waals surface area contributed by atoms with E-state index in [9.17, 15) is 4.79 Å². The predicted molar refractivity (Wildman–Crippen MR) is 107 cm³/mol. The van der Waals surface area contributed by atoms with Gasteiger partial charge in [-0.1, -0.05) is 0 Å². The first-order valence-corrected chi connectivity index (χ1v) is 9.70. The maximum atomic E-state index is 11.4. The molecule has 0 radical (unpaired) electrons. The molecule has 1 heterocycles. The summed E-state index contributed by atoms with van der Waals surface area (Å²) < 4.78 is 12.0. The Labute approximate surface area is 165 Å². The zero-order valence-electron chi connectivity index (χ0n) is 13.0. The van der Waals surface area contributed by atoms with Gasteiger partial charge < -0.3 is 9.47 Å². The largest absolute Gasteiger partial charge is 0.496 e. The fourth-order valence-corrected chi connectivity index (χ4v) is 3.52. The van der Waals surface area contributed by atoms with Gasteiger partial charge in [0.05, 0.1) is 36.5 Å². The Bertz CT molecular complexity index is 752. The summed E-state index contributed by atoms with van der Waals surface area (Å²) in [5.41, 5.74) is 4.48. The van der Waals surface area contributed by atoms with E-state index in [4.69, 9.17) is 9.47 Å². The number of carbonyl (C=O) groups is 1. The number of benzene rings is 1. The number of ether oxygens (including phenoxy) is 2. The smallest absolute Gasteiger partial charge is 0.311 e. The van der Waals surface area contributed by atoms with Crippen LogP contribution in [-0.4, -0.2) is 30.9 Å². The molecule has 0 saturated heterocycles. The van der Waals surface area contributed by atoms with E-state index in [2.05, 4.69) is 54.0 Å². The lowest BCUT2D eigenvalue weighted by Gasteiger charge is -2.06. The second-order valence-electron chi connectivity index (χ2n) is 4.50. The molecule has 0 atom stereocenters. The number of rotatable bonds is 7. The molecular formula is C15H15BrIN3O3S. The second kappa shape index (κ2) is 9.33. The van der Waals surface area contributed by atoms with Gasteiger partial charge in [0.1, 0.15) is 5.75 Å². The van der Waals surface area contributed by atoms with Crippen LogP contribution in [-0.2, 0) is 16.0 Å². The third-order valence-corrected chi connectivity index (χ3v) is 5.17. The molecule has 0 amide bonds. The monoisotopic (exact) mass is 523 g/mol. The number of esters is 1. The highest BCUT2D eigenvalue weighted by Gasteiger charge is 2.08. The first kappa shape index (κ1) is 19.1. The Hall–Kier alpha value is -1.20. The SMILES string of the molecule is CCOC(=O)Cc1csc(NN=Cc2cc(Br)c(OC)cc2I)n1. The third-order valence-electron chi connectivity index (χ3n) is 2.82. The van der Waals surface area contributed by atoms with Crippen molar-refractivity contribution in [3.63, 3.8) is 0 Å². The summed E-state index contributed by atoms with van der Waals surface area (Å²) in [6.07, 6.45) is 1.87. The molecule has 6 nitrogen and oxygen atoms in total. The first-order chi connectivity index (χ1) is 11.5. The van der Waals surface area contributed by atoms with Crippen molar-refractivity contribution in [1.82, 2.24) is 4.98 Å². The van der Waals surface area contributed by atoms with Crippen LogP contribution in [0.4, 0.5) is 5.13 Å². The molecule has 0 saturated carbocycles. The lowest BCUT2D eigenvalue weighted by molar-refractivity contribution is -0.142. The lowest BCUT2D eigenvalue weighted by atomic mass is 10.2. The van der Waals surface area contributed by atoms with Crippen molar-refractivity contribution in [3.8, 4) is 5.75 Å². The number of nitrogens with zero attached hydrogens (tertiary/aromatic N) is 2. The lowest BCUT2D eigenvalue weighted by Crippen LogP contribution is -2.07. The minimum atomic E-state index is -0.282. The number of halogens is 2. The van der Waals surface area contributed by atoms with Gasteiger partial charge in [-0.05, 0) is 57.6 Å². The molecule has 0 fully saturated rings. The number of anilines is 1. The molecule has 0 aliphatic carbocycles. The van der Waals surface area contributed by atoms with Gasteiger partial charge in [-0.25, -0.2) is 4.98 Å². The highest BCUT2D eigenvalue weighted by molar-refractivity contribution is 14.1. The van der Waals surface area contributed by atoms with Crippen molar-refractivity contribution < 1.29 is 14.3 Å². The Morgan fingerprint density at radius 3 is 3.04 bits per heavy atom. The van der Waals surface area contributed by atoms with E-state index < -0.39 is 0 Å². The molecule has 0 bridgehead atoms. The zero-order chi connectivity index (χ0) is 17.5. The molecule has 128 valence electrons. The summed E-state index contributed by atoms with van der Waals surface area (Å²) in [6.45, 7) is 2.15. The standard InChI is InChI=1S/C15H15BrIN3O3S/c1-3-23-14(21)5-10-8-24-15(19-10)20-18-7-9-4-11(16)13(22-2)6-12(9)17/h4,6-8H,3,5H2,1-2H3,(H,19,20).